The first-order chi connectivity index (χ1) is 7.78. The molecular formula is C11H9N3S2. The summed E-state index contributed by atoms with van der Waals surface area (Å²) in [5.74, 6) is 0. The first-order valence-electron chi connectivity index (χ1n) is 5.06. The van der Waals surface area contributed by atoms with Crippen LogP contribution in [0.4, 0.5) is 0 Å². The molecule has 0 bridgehead atoms. The van der Waals surface area contributed by atoms with Crippen LogP contribution in [0.15, 0.2) is 18.3 Å². The smallest absolute Gasteiger partial charge is 0.183 e. The van der Waals surface area contributed by atoms with Gasteiger partial charge in [0.2, 0.25) is 0 Å². The molecule has 3 nitrogen and oxygen atoms in total. The van der Waals surface area contributed by atoms with Crippen LogP contribution in [-0.4, -0.2) is 15.0 Å². The highest BCUT2D eigenvalue weighted by molar-refractivity contribution is 7.73. The Hall–Kier alpha value is -1.33. The van der Waals surface area contributed by atoms with Gasteiger partial charge in [-0.05, 0) is 30.8 Å². The highest BCUT2D eigenvalue weighted by Crippen LogP contribution is 2.24. The van der Waals surface area contributed by atoms with E-state index in [1.54, 1.807) is 0 Å². The third-order valence-electron chi connectivity index (χ3n) is 2.57. The molecule has 3 aromatic heterocycles. The zero-order valence-electron chi connectivity index (χ0n) is 8.65. The lowest BCUT2D eigenvalue weighted by Gasteiger charge is -2.03. The van der Waals surface area contributed by atoms with Gasteiger partial charge in [-0.3, -0.25) is 0 Å². The van der Waals surface area contributed by atoms with Crippen LogP contribution in [0.3, 0.4) is 0 Å². The van der Waals surface area contributed by atoms with Crippen LogP contribution in [0.2, 0.25) is 0 Å². The molecule has 0 fully saturated rings. The number of aryl methyl sites for hydroxylation is 1. The topological polar surface area (TPSA) is 41.6 Å². The molecule has 16 heavy (non-hydrogen) atoms. The lowest BCUT2D eigenvalue weighted by Crippen LogP contribution is -1.90. The van der Waals surface area contributed by atoms with Crippen molar-refractivity contribution in [1.82, 2.24) is 15.0 Å². The highest BCUT2D eigenvalue weighted by Gasteiger charge is 2.05. The maximum absolute atomic E-state index is 5.07. The minimum atomic E-state index is 0.653. The number of nitrogens with one attached hydrogen (secondary N) is 1. The zero-order chi connectivity index (χ0) is 11.1. The van der Waals surface area contributed by atoms with Crippen LogP contribution in [0.1, 0.15) is 12.6 Å². The second-order valence-corrected chi connectivity index (χ2v) is 5.21. The Morgan fingerprint density at radius 2 is 2.31 bits per heavy atom. The molecule has 0 aliphatic rings. The zero-order valence-corrected chi connectivity index (χ0v) is 10.3. The van der Waals surface area contributed by atoms with E-state index in [1.165, 1.54) is 17.0 Å². The highest BCUT2D eigenvalue weighted by atomic mass is 32.1. The molecule has 0 aliphatic heterocycles. The molecule has 0 amide bonds. The molecule has 1 N–H and O–H groups in total. The maximum Gasteiger partial charge on any atom is 0.183 e. The van der Waals surface area contributed by atoms with Gasteiger partial charge in [0.15, 0.2) is 9.60 Å². The van der Waals surface area contributed by atoms with E-state index in [2.05, 4.69) is 27.9 Å². The van der Waals surface area contributed by atoms with E-state index in [4.69, 9.17) is 12.2 Å². The molecule has 0 aliphatic carbocycles. The van der Waals surface area contributed by atoms with Crippen LogP contribution >= 0.6 is 23.6 Å². The van der Waals surface area contributed by atoms with Crippen LogP contribution in [0.5, 0.6) is 0 Å². The van der Waals surface area contributed by atoms with Gasteiger partial charge in [-0.2, -0.15) is 0 Å². The van der Waals surface area contributed by atoms with Gasteiger partial charge in [0.05, 0.1) is 10.2 Å². The van der Waals surface area contributed by atoms with Crippen LogP contribution in [0, 0.1) is 3.95 Å². The van der Waals surface area contributed by atoms with Crippen molar-refractivity contribution < 1.29 is 0 Å². The van der Waals surface area contributed by atoms with E-state index in [9.17, 15) is 0 Å². The summed E-state index contributed by atoms with van der Waals surface area (Å²) in [4.78, 5) is 12.0. The summed E-state index contributed by atoms with van der Waals surface area (Å²) in [6.07, 6.45) is 2.88. The Balaban J connectivity index is 2.50. The number of thiazole rings is 1. The first kappa shape index (κ1) is 9.86. The first-order valence-corrected chi connectivity index (χ1v) is 6.28. The quantitative estimate of drug-likeness (QED) is 0.669. The van der Waals surface area contributed by atoms with E-state index in [-0.39, 0.29) is 0 Å². The second kappa shape index (κ2) is 3.61. The van der Waals surface area contributed by atoms with Crippen molar-refractivity contribution >= 4 is 44.8 Å². The summed E-state index contributed by atoms with van der Waals surface area (Å²) in [5.41, 5.74) is 2.94. The van der Waals surface area contributed by atoms with Crippen molar-refractivity contribution in [3.05, 3.63) is 28.0 Å². The molecule has 0 aromatic carbocycles. The largest absolute Gasteiger partial charge is 0.364 e. The molecule has 0 saturated heterocycles. The molecule has 3 rings (SSSR count). The Bertz CT molecular complexity index is 727. The van der Waals surface area contributed by atoms with Crippen LogP contribution in [0.25, 0.3) is 21.3 Å². The fraction of sp³-hybridized carbons (Fsp3) is 0.182. The van der Waals surface area contributed by atoms with Gasteiger partial charge < -0.3 is 4.98 Å². The lowest BCUT2D eigenvalue weighted by atomic mass is 10.1. The van der Waals surface area contributed by atoms with Crippen molar-refractivity contribution in [3.63, 3.8) is 0 Å². The molecule has 0 saturated carbocycles. The number of aromatic amines is 1. The maximum atomic E-state index is 5.07. The molecule has 5 heteroatoms. The lowest BCUT2D eigenvalue weighted by molar-refractivity contribution is 1.06. The van der Waals surface area contributed by atoms with Crippen molar-refractivity contribution in [2.75, 3.05) is 0 Å². The Kier molecular flexibility index (Phi) is 2.22. The van der Waals surface area contributed by atoms with Crippen LogP contribution < -0.4 is 0 Å². The average Bonchev–Trinajstić information content (AvgIpc) is 2.64. The molecule has 0 spiro atoms. The minimum absolute atomic E-state index is 0.653. The molecule has 0 radical (unpaired) electrons. The monoisotopic (exact) mass is 247 g/mol. The summed E-state index contributed by atoms with van der Waals surface area (Å²) in [5, 5.41) is 1.16. The van der Waals surface area contributed by atoms with Crippen molar-refractivity contribution in [3.8, 4) is 0 Å². The Labute approximate surface area is 101 Å². The average molecular weight is 247 g/mol. The summed E-state index contributed by atoms with van der Waals surface area (Å²) in [6, 6.07) is 4.09. The van der Waals surface area contributed by atoms with Gasteiger partial charge in [0, 0.05) is 17.3 Å². The summed E-state index contributed by atoms with van der Waals surface area (Å²) in [7, 11) is 0. The van der Waals surface area contributed by atoms with E-state index in [1.807, 2.05) is 12.3 Å². The standard InChI is InChI=1S/C11H9N3S2/c1-2-7-6-5-9-10(14-11(15)16-9)13-8(6)3-4-12-7/h3-5,12H,2H2,1H3. The van der Waals surface area contributed by atoms with Crippen molar-refractivity contribution in [2.45, 2.75) is 13.3 Å². The number of hydrogen-bond donors (Lipinski definition) is 1. The number of fused-ring (bicyclic) bond motifs is 2. The minimum Gasteiger partial charge on any atom is -0.364 e. The predicted octanol–water partition coefficient (Wildman–Crippen LogP) is 3.46. The van der Waals surface area contributed by atoms with Gasteiger partial charge in [0.1, 0.15) is 0 Å². The normalized spacial score (nSPS) is 11.3. The van der Waals surface area contributed by atoms with E-state index < -0.39 is 0 Å². The molecule has 3 aromatic rings. The third kappa shape index (κ3) is 1.44. The molecule has 0 unspecified atom stereocenters. The number of hydrogen-bond acceptors (Lipinski definition) is 4. The number of nitrogens with zero attached hydrogens (tertiary/aromatic N) is 2. The number of aromatic nitrogens is 3. The summed E-state index contributed by atoms with van der Waals surface area (Å²) < 4.78 is 1.71. The van der Waals surface area contributed by atoms with E-state index in [0.717, 1.165) is 27.7 Å². The SMILES string of the molecule is CCc1[nH]ccc2nc3nc(=S)sc3cc12. The summed E-state index contributed by atoms with van der Waals surface area (Å²) >= 11 is 6.59. The number of pyridine rings is 2. The fourth-order valence-electron chi connectivity index (χ4n) is 1.82. The summed E-state index contributed by atoms with van der Waals surface area (Å²) in [6.45, 7) is 2.13. The van der Waals surface area contributed by atoms with Gasteiger partial charge in [0.25, 0.3) is 0 Å². The van der Waals surface area contributed by atoms with Crippen molar-refractivity contribution in [2.24, 2.45) is 0 Å². The molecular weight excluding hydrogens is 238 g/mol. The van der Waals surface area contributed by atoms with Gasteiger partial charge in [-0.15, -0.1) is 11.3 Å². The van der Waals surface area contributed by atoms with Crippen LogP contribution in [-0.2, 0) is 6.42 Å². The Morgan fingerprint density at radius 1 is 1.44 bits per heavy atom. The third-order valence-corrected chi connectivity index (χ3v) is 3.70. The number of H-pyrrole nitrogens is 1. The van der Waals surface area contributed by atoms with E-state index >= 15 is 0 Å². The van der Waals surface area contributed by atoms with Gasteiger partial charge >= 0.3 is 0 Å². The second-order valence-electron chi connectivity index (χ2n) is 3.53. The Morgan fingerprint density at radius 3 is 3.12 bits per heavy atom. The fourth-order valence-corrected chi connectivity index (χ4v) is 2.85. The van der Waals surface area contributed by atoms with E-state index in [0.29, 0.717) is 3.95 Å². The molecule has 3 heterocycles. The van der Waals surface area contributed by atoms with Gasteiger partial charge in [-0.1, -0.05) is 6.92 Å². The van der Waals surface area contributed by atoms with Gasteiger partial charge in [-0.25, -0.2) is 9.97 Å². The predicted molar refractivity (Wildman–Crippen MR) is 69.5 cm³/mol. The molecule has 80 valence electrons. The number of rotatable bonds is 1. The molecule has 0 atom stereocenters. The van der Waals surface area contributed by atoms with Crippen molar-refractivity contribution in [1.29, 1.82) is 0 Å².